The second-order valence-electron chi connectivity index (χ2n) is 6.97. The first-order chi connectivity index (χ1) is 11.3. The van der Waals surface area contributed by atoms with E-state index in [4.69, 9.17) is 16.3 Å². The largest absolute Gasteiger partial charge is 0.455 e. The molecule has 5 heteroatoms. The molecule has 1 amide bonds. The Hall–Kier alpha value is -1.55. The van der Waals surface area contributed by atoms with Crippen molar-refractivity contribution in [1.82, 2.24) is 5.32 Å². The van der Waals surface area contributed by atoms with Crippen molar-refractivity contribution in [2.45, 2.75) is 57.9 Å². The van der Waals surface area contributed by atoms with Crippen LogP contribution in [0.3, 0.4) is 0 Å². The SMILES string of the molecule is CC(C)[C@@H](C)NC(=O)COC(=O)C1(c2ccc(Cl)cc2)CCCC1. The normalized spacial score (nSPS) is 17.5. The molecule has 0 saturated heterocycles. The molecular formula is C19H26ClNO3. The van der Waals surface area contributed by atoms with E-state index in [0.717, 1.165) is 31.2 Å². The third-order valence-corrected chi connectivity index (χ3v) is 5.22. The van der Waals surface area contributed by atoms with Crippen LogP contribution < -0.4 is 5.32 Å². The lowest BCUT2D eigenvalue weighted by atomic mass is 9.79. The van der Waals surface area contributed by atoms with Gasteiger partial charge >= 0.3 is 5.97 Å². The summed E-state index contributed by atoms with van der Waals surface area (Å²) in [6, 6.07) is 7.40. The monoisotopic (exact) mass is 351 g/mol. The van der Waals surface area contributed by atoms with E-state index in [0.29, 0.717) is 10.9 Å². The number of hydrogen-bond donors (Lipinski definition) is 1. The van der Waals surface area contributed by atoms with Crippen molar-refractivity contribution in [1.29, 1.82) is 0 Å². The van der Waals surface area contributed by atoms with Crippen LogP contribution in [0.2, 0.25) is 5.02 Å². The summed E-state index contributed by atoms with van der Waals surface area (Å²) in [7, 11) is 0. The molecule has 0 unspecified atom stereocenters. The van der Waals surface area contributed by atoms with Crippen LogP contribution in [-0.2, 0) is 19.7 Å². The molecule has 1 atom stereocenters. The summed E-state index contributed by atoms with van der Waals surface area (Å²) in [5.41, 5.74) is 0.277. The Morgan fingerprint density at radius 3 is 2.29 bits per heavy atom. The van der Waals surface area contributed by atoms with E-state index in [-0.39, 0.29) is 24.5 Å². The molecule has 2 rings (SSSR count). The third kappa shape index (κ3) is 4.29. The van der Waals surface area contributed by atoms with Gasteiger partial charge in [-0.1, -0.05) is 50.4 Å². The highest BCUT2D eigenvalue weighted by Crippen LogP contribution is 2.42. The maximum Gasteiger partial charge on any atom is 0.317 e. The molecule has 1 saturated carbocycles. The lowest BCUT2D eigenvalue weighted by molar-refractivity contribution is -0.154. The number of ether oxygens (including phenoxy) is 1. The van der Waals surface area contributed by atoms with Crippen molar-refractivity contribution in [3.8, 4) is 0 Å². The smallest absolute Gasteiger partial charge is 0.317 e. The van der Waals surface area contributed by atoms with Crippen molar-refractivity contribution in [3.05, 3.63) is 34.9 Å². The number of amides is 1. The topological polar surface area (TPSA) is 55.4 Å². The van der Waals surface area contributed by atoms with E-state index in [1.165, 1.54) is 0 Å². The second kappa shape index (κ2) is 8.02. The molecule has 1 aromatic carbocycles. The molecule has 4 nitrogen and oxygen atoms in total. The molecule has 24 heavy (non-hydrogen) atoms. The van der Waals surface area contributed by atoms with Gasteiger partial charge in [-0.3, -0.25) is 9.59 Å². The summed E-state index contributed by atoms with van der Waals surface area (Å²) >= 11 is 5.95. The molecule has 1 aliphatic rings. The van der Waals surface area contributed by atoms with Crippen LogP contribution in [-0.4, -0.2) is 24.5 Å². The number of esters is 1. The number of halogens is 1. The fourth-order valence-corrected chi connectivity index (χ4v) is 3.22. The highest BCUT2D eigenvalue weighted by Gasteiger charge is 2.44. The van der Waals surface area contributed by atoms with Gasteiger partial charge in [-0.05, 0) is 43.4 Å². The molecule has 1 fully saturated rings. The predicted molar refractivity (Wildman–Crippen MR) is 95.0 cm³/mol. The Labute approximate surface area is 148 Å². The molecule has 0 aromatic heterocycles. The van der Waals surface area contributed by atoms with Gasteiger partial charge in [0.05, 0.1) is 5.41 Å². The number of rotatable bonds is 6. The molecule has 0 spiro atoms. The molecule has 1 aliphatic carbocycles. The first-order valence-corrected chi connectivity index (χ1v) is 8.95. The second-order valence-corrected chi connectivity index (χ2v) is 7.41. The number of hydrogen-bond acceptors (Lipinski definition) is 3. The average molecular weight is 352 g/mol. The minimum Gasteiger partial charge on any atom is -0.455 e. The molecule has 0 radical (unpaired) electrons. The van der Waals surface area contributed by atoms with Gasteiger partial charge in [-0.15, -0.1) is 0 Å². The fourth-order valence-electron chi connectivity index (χ4n) is 3.09. The van der Waals surface area contributed by atoms with E-state index in [9.17, 15) is 9.59 Å². The number of carbonyl (C=O) groups excluding carboxylic acids is 2. The van der Waals surface area contributed by atoms with Gasteiger partial charge in [0.2, 0.25) is 0 Å². The Morgan fingerprint density at radius 2 is 1.75 bits per heavy atom. The summed E-state index contributed by atoms with van der Waals surface area (Å²) < 4.78 is 5.37. The molecule has 0 heterocycles. The van der Waals surface area contributed by atoms with Gasteiger partial charge in [0, 0.05) is 11.1 Å². The molecule has 1 N–H and O–H groups in total. The van der Waals surface area contributed by atoms with E-state index >= 15 is 0 Å². The molecule has 0 bridgehead atoms. The minimum absolute atomic E-state index is 0.0490. The number of benzene rings is 1. The van der Waals surface area contributed by atoms with Crippen LogP contribution in [0.4, 0.5) is 0 Å². The Balaban J connectivity index is 2.02. The Kier molecular flexibility index (Phi) is 6.27. The summed E-state index contributed by atoms with van der Waals surface area (Å²) in [5, 5.41) is 3.49. The first kappa shape index (κ1) is 18.8. The highest BCUT2D eigenvalue weighted by atomic mass is 35.5. The lowest BCUT2D eigenvalue weighted by Gasteiger charge is -2.27. The highest BCUT2D eigenvalue weighted by molar-refractivity contribution is 6.30. The minimum atomic E-state index is -0.644. The maximum atomic E-state index is 12.7. The van der Waals surface area contributed by atoms with Crippen LogP contribution in [0.5, 0.6) is 0 Å². The van der Waals surface area contributed by atoms with Crippen molar-refractivity contribution in [2.75, 3.05) is 6.61 Å². The first-order valence-electron chi connectivity index (χ1n) is 8.58. The zero-order valence-electron chi connectivity index (χ0n) is 14.6. The van der Waals surface area contributed by atoms with Gasteiger partial charge in [-0.2, -0.15) is 0 Å². The third-order valence-electron chi connectivity index (χ3n) is 4.97. The van der Waals surface area contributed by atoms with Gasteiger partial charge < -0.3 is 10.1 Å². The summed E-state index contributed by atoms with van der Waals surface area (Å²) in [5.74, 6) is -0.233. The molecule has 1 aromatic rings. The molecule has 132 valence electrons. The van der Waals surface area contributed by atoms with Crippen molar-refractivity contribution < 1.29 is 14.3 Å². The maximum absolute atomic E-state index is 12.7. The fraction of sp³-hybridized carbons (Fsp3) is 0.579. The molecule has 0 aliphatic heterocycles. The Morgan fingerprint density at radius 1 is 1.17 bits per heavy atom. The standard InChI is InChI=1S/C19H26ClNO3/c1-13(2)14(3)21-17(22)12-24-18(23)19(10-4-5-11-19)15-6-8-16(20)9-7-15/h6-9,13-14H,4-5,10-12H2,1-3H3,(H,21,22)/t14-/m1/s1. The summed E-state index contributed by atoms with van der Waals surface area (Å²) in [4.78, 5) is 24.7. The summed E-state index contributed by atoms with van der Waals surface area (Å²) in [6.07, 6.45) is 3.46. The van der Waals surface area contributed by atoms with Crippen LogP contribution in [0.25, 0.3) is 0 Å². The number of nitrogens with one attached hydrogen (secondary N) is 1. The van der Waals surface area contributed by atoms with Gasteiger partial charge in [-0.25, -0.2) is 0 Å². The predicted octanol–water partition coefficient (Wildman–Crippen LogP) is 3.86. The van der Waals surface area contributed by atoms with Crippen molar-refractivity contribution in [2.24, 2.45) is 5.92 Å². The lowest BCUT2D eigenvalue weighted by Crippen LogP contribution is -2.41. The van der Waals surface area contributed by atoms with Crippen LogP contribution in [0.15, 0.2) is 24.3 Å². The van der Waals surface area contributed by atoms with E-state index in [1.807, 2.05) is 32.9 Å². The van der Waals surface area contributed by atoms with E-state index in [1.54, 1.807) is 12.1 Å². The van der Waals surface area contributed by atoms with Gasteiger partial charge in [0.1, 0.15) is 0 Å². The Bertz CT molecular complexity index is 577. The zero-order valence-corrected chi connectivity index (χ0v) is 15.4. The molecular weight excluding hydrogens is 326 g/mol. The van der Waals surface area contributed by atoms with Crippen molar-refractivity contribution in [3.63, 3.8) is 0 Å². The zero-order chi connectivity index (χ0) is 17.7. The van der Waals surface area contributed by atoms with E-state index in [2.05, 4.69) is 5.32 Å². The van der Waals surface area contributed by atoms with Crippen molar-refractivity contribution >= 4 is 23.5 Å². The van der Waals surface area contributed by atoms with Crippen LogP contribution in [0, 0.1) is 5.92 Å². The van der Waals surface area contributed by atoms with Gasteiger partial charge in [0.25, 0.3) is 5.91 Å². The average Bonchev–Trinajstić information content (AvgIpc) is 3.04. The quantitative estimate of drug-likeness (QED) is 0.792. The van der Waals surface area contributed by atoms with Gasteiger partial charge in [0.15, 0.2) is 6.61 Å². The van der Waals surface area contributed by atoms with Crippen LogP contribution in [0.1, 0.15) is 52.0 Å². The van der Waals surface area contributed by atoms with Crippen LogP contribution >= 0.6 is 11.6 Å². The van der Waals surface area contributed by atoms with E-state index < -0.39 is 5.41 Å². The summed E-state index contributed by atoms with van der Waals surface area (Å²) in [6.45, 7) is 5.78. The number of carbonyl (C=O) groups is 2.